The van der Waals surface area contributed by atoms with Gasteiger partial charge in [-0.25, -0.2) is 4.79 Å². The summed E-state index contributed by atoms with van der Waals surface area (Å²) in [6.07, 6.45) is 3.35. The Bertz CT molecular complexity index is 381. The second-order valence-corrected chi connectivity index (χ2v) is 3.58. The molecule has 3 nitrogen and oxygen atoms in total. The Morgan fingerprint density at radius 3 is 2.60 bits per heavy atom. The lowest BCUT2D eigenvalue weighted by atomic mass is 10.2. The van der Waals surface area contributed by atoms with Crippen LogP contribution in [0.15, 0.2) is 36.5 Å². The first-order valence-corrected chi connectivity index (χ1v) is 4.91. The average Bonchev–Trinajstić information content (AvgIpc) is 2.14. The number of ether oxygens (including phenoxy) is 1. The molecule has 0 fully saturated rings. The molecule has 1 aliphatic heterocycles. The largest absolute Gasteiger partial charge is 0.444 e. The second-order valence-electron chi connectivity index (χ2n) is 3.58. The van der Waals surface area contributed by atoms with Crippen molar-refractivity contribution in [2.24, 2.45) is 0 Å². The van der Waals surface area contributed by atoms with E-state index in [0.29, 0.717) is 13.2 Å². The van der Waals surface area contributed by atoms with Gasteiger partial charge < -0.3 is 4.74 Å². The number of rotatable bonds is 2. The van der Waals surface area contributed by atoms with Gasteiger partial charge in [-0.3, -0.25) is 4.90 Å². The van der Waals surface area contributed by atoms with Crippen LogP contribution in [0.2, 0.25) is 0 Å². The molecule has 0 saturated heterocycles. The summed E-state index contributed by atoms with van der Waals surface area (Å²) >= 11 is 0. The molecule has 0 spiro atoms. The van der Waals surface area contributed by atoms with Crippen molar-refractivity contribution in [1.82, 2.24) is 4.90 Å². The molecule has 1 aromatic rings. The van der Waals surface area contributed by atoms with Crippen LogP contribution in [0.1, 0.15) is 11.1 Å². The number of nitrogens with zero attached hydrogens (tertiary/aromatic N) is 1. The number of hydrogen-bond donors (Lipinski definition) is 0. The maximum absolute atomic E-state index is 11.3. The fraction of sp³-hybridized carbons (Fsp3) is 0.250. The van der Waals surface area contributed by atoms with Gasteiger partial charge in [0, 0.05) is 12.7 Å². The van der Waals surface area contributed by atoms with E-state index in [1.54, 1.807) is 6.20 Å². The van der Waals surface area contributed by atoms with Crippen molar-refractivity contribution in [2.75, 3.05) is 6.54 Å². The highest BCUT2D eigenvalue weighted by molar-refractivity contribution is 5.70. The SMILES string of the molecule is Cc1ccc(COC(=O)N2C=CC2)cc1. The molecule has 78 valence electrons. The maximum Gasteiger partial charge on any atom is 0.414 e. The number of aryl methyl sites for hydroxylation is 1. The molecule has 0 N–H and O–H groups in total. The molecule has 0 unspecified atom stereocenters. The topological polar surface area (TPSA) is 29.5 Å². The number of benzene rings is 1. The molecule has 1 amide bonds. The summed E-state index contributed by atoms with van der Waals surface area (Å²) in [6.45, 7) is 3.02. The molecule has 0 saturated carbocycles. The van der Waals surface area contributed by atoms with E-state index in [1.807, 2.05) is 37.3 Å². The third kappa shape index (κ3) is 2.37. The third-order valence-corrected chi connectivity index (χ3v) is 2.30. The smallest absolute Gasteiger partial charge is 0.414 e. The van der Waals surface area contributed by atoms with Crippen LogP contribution in [0.3, 0.4) is 0 Å². The van der Waals surface area contributed by atoms with Gasteiger partial charge in [-0.1, -0.05) is 29.8 Å². The van der Waals surface area contributed by atoms with E-state index < -0.39 is 0 Å². The summed E-state index contributed by atoms with van der Waals surface area (Å²) in [7, 11) is 0. The summed E-state index contributed by atoms with van der Waals surface area (Å²) in [5, 5.41) is 0. The first-order valence-electron chi connectivity index (χ1n) is 4.91. The van der Waals surface area contributed by atoms with Gasteiger partial charge in [0.2, 0.25) is 0 Å². The predicted octanol–water partition coefficient (Wildman–Crippen LogP) is 2.46. The molecular formula is C12H13NO2. The minimum Gasteiger partial charge on any atom is -0.444 e. The van der Waals surface area contributed by atoms with Crippen molar-refractivity contribution in [3.63, 3.8) is 0 Å². The molecular weight excluding hydrogens is 190 g/mol. The summed E-state index contributed by atoms with van der Waals surface area (Å²) < 4.78 is 5.11. The van der Waals surface area contributed by atoms with Crippen LogP contribution < -0.4 is 0 Å². The van der Waals surface area contributed by atoms with Gasteiger partial charge in [0.05, 0.1) is 0 Å². The molecule has 0 atom stereocenters. The Hall–Kier alpha value is -1.77. The zero-order valence-electron chi connectivity index (χ0n) is 8.64. The fourth-order valence-corrected chi connectivity index (χ4v) is 1.26. The lowest BCUT2D eigenvalue weighted by molar-refractivity contribution is 0.109. The predicted molar refractivity (Wildman–Crippen MR) is 57.2 cm³/mol. The number of amides is 1. The molecule has 1 heterocycles. The fourth-order valence-electron chi connectivity index (χ4n) is 1.26. The van der Waals surface area contributed by atoms with Gasteiger partial charge in [-0.15, -0.1) is 0 Å². The van der Waals surface area contributed by atoms with E-state index in [-0.39, 0.29) is 6.09 Å². The lowest BCUT2D eigenvalue weighted by Crippen LogP contribution is -2.31. The van der Waals surface area contributed by atoms with Crippen LogP contribution in [-0.4, -0.2) is 17.5 Å². The standard InChI is InChI=1S/C12H13NO2/c1-10-3-5-11(6-4-10)9-15-12(14)13-7-2-8-13/h2-7H,8-9H2,1H3. The molecule has 0 aliphatic carbocycles. The van der Waals surface area contributed by atoms with Gasteiger partial charge in [0.1, 0.15) is 6.61 Å². The second kappa shape index (κ2) is 4.17. The molecule has 15 heavy (non-hydrogen) atoms. The number of hydrogen-bond acceptors (Lipinski definition) is 2. The first kappa shape index (κ1) is 9.77. The van der Waals surface area contributed by atoms with Crippen molar-refractivity contribution in [2.45, 2.75) is 13.5 Å². The van der Waals surface area contributed by atoms with E-state index in [9.17, 15) is 4.79 Å². The monoisotopic (exact) mass is 203 g/mol. The van der Waals surface area contributed by atoms with Gasteiger partial charge >= 0.3 is 6.09 Å². The van der Waals surface area contributed by atoms with Crippen molar-refractivity contribution in [3.05, 3.63) is 47.7 Å². The van der Waals surface area contributed by atoms with Crippen molar-refractivity contribution < 1.29 is 9.53 Å². The molecule has 3 heteroatoms. The van der Waals surface area contributed by atoms with E-state index in [2.05, 4.69) is 0 Å². The van der Waals surface area contributed by atoms with Crippen molar-refractivity contribution in [3.8, 4) is 0 Å². The minimum absolute atomic E-state index is 0.280. The first-order chi connectivity index (χ1) is 7.25. The third-order valence-electron chi connectivity index (χ3n) is 2.30. The van der Waals surface area contributed by atoms with Crippen LogP contribution in [0.5, 0.6) is 0 Å². The van der Waals surface area contributed by atoms with Gasteiger partial charge in [-0.05, 0) is 18.6 Å². The molecule has 1 aromatic carbocycles. The van der Waals surface area contributed by atoms with Crippen molar-refractivity contribution in [1.29, 1.82) is 0 Å². The highest BCUT2D eigenvalue weighted by Gasteiger charge is 2.15. The Morgan fingerprint density at radius 1 is 1.40 bits per heavy atom. The highest BCUT2D eigenvalue weighted by atomic mass is 16.6. The Kier molecular flexibility index (Phi) is 2.72. The van der Waals surface area contributed by atoms with Crippen LogP contribution in [0.25, 0.3) is 0 Å². The summed E-state index contributed by atoms with van der Waals surface area (Å²) in [4.78, 5) is 12.9. The van der Waals surface area contributed by atoms with Crippen LogP contribution >= 0.6 is 0 Å². The minimum atomic E-state index is -0.280. The Balaban J connectivity index is 1.84. The van der Waals surface area contributed by atoms with Gasteiger partial charge in [0.25, 0.3) is 0 Å². The van der Waals surface area contributed by atoms with E-state index in [0.717, 1.165) is 5.56 Å². The molecule has 0 radical (unpaired) electrons. The van der Waals surface area contributed by atoms with Crippen LogP contribution in [0.4, 0.5) is 4.79 Å². The normalized spacial score (nSPS) is 13.5. The summed E-state index contributed by atoms with van der Waals surface area (Å²) in [6, 6.07) is 7.95. The highest BCUT2D eigenvalue weighted by Crippen LogP contribution is 2.08. The van der Waals surface area contributed by atoms with Crippen LogP contribution in [-0.2, 0) is 11.3 Å². The van der Waals surface area contributed by atoms with Crippen molar-refractivity contribution >= 4 is 6.09 Å². The van der Waals surface area contributed by atoms with Crippen LogP contribution in [0, 0.1) is 6.92 Å². The lowest BCUT2D eigenvalue weighted by Gasteiger charge is -2.21. The van der Waals surface area contributed by atoms with Gasteiger partial charge in [-0.2, -0.15) is 0 Å². The molecule has 1 aliphatic rings. The van der Waals surface area contributed by atoms with Gasteiger partial charge in [0.15, 0.2) is 0 Å². The van der Waals surface area contributed by atoms with E-state index in [4.69, 9.17) is 4.74 Å². The number of carbonyl (C=O) groups excluding carboxylic acids is 1. The average molecular weight is 203 g/mol. The Morgan fingerprint density at radius 2 is 2.07 bits per heavy atom. The zero-order chi connectivity index (χ0) is 10.7. The van der Waals surface area contributed by atoms with E-state index >= 15 is 0 Å². The zero-order valence-corrected chi connectivity index (χ0v) is 8.64. The quantitative estimate of drug-likeness (QED) is 0.739. The summed E-state index contributed by atoms with van der Waals surface area (Å²) in [5.74, 6) is 0. The maximum atomic E-state index is 11.3. The molecule has 0 aromatic heterocycles. The number of carbonyl (C=O) groups is 1. The molecule has 0 bridgehead atoms. The summed E-state index contributed by atoms with van der Waals surface area (Å²) in [5.41, 5.74) is 2.22. The Labute approximate surface area is 89.0 Å². The molecule has 2 rings (SSSR count). The van der Waals surface area contributed by atoms with E-state index in [1.165, 1.54) is 10.5 Å².